The first kappa shape index (κ1) is 25.1. The molecule has 0 bridgehead atoms. The van der Waals surface area contributed by atoms with Gasteiger partial charge in [-0.25, -0.2) is 4.39 Å². The maximum Gasteiger partial charge on any atom is 0.256 e. The molecule has 3 aromatic rings. The van der Waals surface area contributed by atoms with Crippen molar-refractivity contribution >= 4 is 40.5 Å². The van der Waals surface area contributed by atoms with Crippen molar-refractivity contribution in [2.75, 3.05) is 31.0 Å². The Morgan fingerprint density at radius 3 is 2.36 bits per heavy atom. The lowest BCUT2D eigenvalue weighted by molar-refractivity contribution is -0.124. The molecular weight excluding hydrogens is 481 g/mol. The second kappa shape index (κ2) is 11.2. The van der Waals surface area contributed by atoms with Gasteiger partial charge in [0.1, 0.15) is 23.4 Å². The number of benzene rings is 3. The van der Waals surface area contributed by atoms with Gasteiger partial charge in [0.2, 0.25) is 5.91 Å². The molecule has 2 amide bonds. The lowest BCUT2D eigenvalue weighted by Crippen LogP contribution is -2.39. The topological polar surface area (TPSA) is 71.1 Å². The molecule has 9 heteroatoms. The van der Waals surface area contributed by atoms with E-state index in [1.165, 1.54) is 17.0 Å². The van der Waals surface area contributed by atoms with Crippen LogP contribution < -0.4 is 19.7 Å². The van der Waals surface area contributed by atoms with Gasteiger partial charge in [-0.1, -0.05) is 18.2 Å². The zero-order valence-electron chi connectivity index (χ0n) is 19.9. The number of halogens is 1. The summed E-state index contributed by atoms with van der Waals surface area (Å²) >= 11 is 5.70. The van der Waals surface area contributed by atoms with E-state index in [9.17, 15) is 14.0 Å². The first-order valence-corrected chi connectivity index (χ1v) is 11.8. The molecule has 1 aliphatic heterocycles. The van der Waals surface area contributed by atoms with Gasteiger partial charge in [0.05, 0.1) is 26.3 Å². The lowest BCUT2D eigenvalue weighted by atomic mass is 10.1. The number of rotatable bonds is 9. The molecule has 0 unspecified atom stereocenters. The standard InChI is InChI=1S/C27H26FN3O4S/c1-34-22-12-10-21(11-13-22)31-26(33)24(17-25(32)29-20-4-3-5-23(16-20)35-2)30(27(31)36)15-14-18-6-8-19(28)9-7-18/h3-13,16,24H,14-15,17H2,1-2H3,(H,29,32)/t24-/m0/s1. The van der Waals surface area contributed by atoms with E-state index in [1.807, 2.05) is 0 Å². The average Bonchev–Trinajstić information content (AvgIpc) is 3.12. The summed E-state index contributed by atoms with van der Waals surface area (Å²) in [7, 11) is 3.11. The first-order chi connectivity index (χ1) is 17.4. The van der Waals surface area contributed by atoms with Gasteiger partial charge in [-0.3, -0.25) is 14.5 Å². The Morgan fingerprint density at radius 2 is 1.69 bits per heavy atom. The van der Waals surface area contributed by atoms with Crippen LogP contribution in [0.3, 0.4) is 0 Å². The summed E-state index contributed by atoms with van der Waals surface area (Å²) in [5.74, 6) is 0.331. The lowest BCUT2D eigenvalue weighted by Gasteiger charge is -2.24. The van der Waals surface area contributed by atoms with Crippen molar-refractivity contribution in [2.45, 2.75) is 18.9 Å². The van der Waals surface area contributed by atoms with E-state index in [2.05, 4.69) is 5.32 Å². The Balaban J connectivity index is 1.55. The number of carbonyl (C=O) groups excluding carboxylic acids is 2. The SMILES string of the molecule is COc1ccc(N2C(=O)[C@H](CC(=O)Nc3cccc(OC)c3)N(CCc3ccc(F)cc3)C2=S)cc1. The molecule has 1 saturated heterocycles. The van der Waals surface area contributed by atoms with Gasteiger partial charge in [0.15, 0.2) is 5.11 Å². The van der Waals surface area contributed by atoms with E-state index in [4.69, 9.17) is 21.7 Å². The number of hydrogen-bond acceptors (Lipinski definition) is 5. The Kier molecular flexibility index (Phi) is 7.80. The third-order valence-corrected chi connectivity index (χ3v) is 6.35. The van der Waals surface area contributed by atoms with Gasteiger partial charge in [0.25, 0.3) is 5.91 Å². The molecule has 0 radical (unpaired) electrons. The molecule has 0 aromatic heterocycles. The van der Waals surface area contributed by atoms with Crippen molar-refractivity contribution in [1.82, 2.24) is 4.90 Å². The van der Waals surface area contributed by atoms with Crippen LogP contribution in [-0.4, -0.2) is 48.6 Å². The molecule has 1 N–H and O–H groups in total. The maximum absolute atomic E-state index is 13.5. The summed E-state index contributed by atoms with van der Waals surface area (Å²) in [5, 5.41) is 3.14. The summed E-state index contributed by atoms with van der Waals surface area (Å²) in [4.78, 5) is 29.7. The number of ether oxygens (including phenoxy) is 2. The molecule has 1 fully saturated rings. The molecule has 3 aromatic carbocycles. The largest absolute Gasteiger partial charge is 0.497 e. The molecular formula is C27H26FN3O4S. The number of anilines is 2. The minimum absolute atomic E-state index is 0.0910. The molecule has 7 nitrogen and oxygen atoms in total. The van der Waals surface area contributed by atoms with Crippen LogP contribution in [0.25, 0.3) is 0 Å². The summed E-state index contributed by atoms with van der Waals surface area (Å²) in [6, 6.07) is 19.4. The van der Waals surface area contributed by atoms with Crippen molar-refractivity contribution in [3.05, 3.63) is 84.2 Å². The number of amides is 2. The highest BCUT2D eigenvalue weighted by molar-refractivity contribution is 7.80. The Hall–Kier alpha value is -3.98. The number of nitrogens with one attached hydrogen (secondary N) is 1. The predicted molar refractivity (Wildman–Crippen MR) is 140 cm³/mol. The van der Waals surface area contributed by atoms with Crippen molar-refractivity contribution in [1.29, 1.82) is 0 Å². The second-order valence-electron chi connectivity index (χ2n) is 8.22. The molecule has 1 atom stereocenters. The number of hydrogen-bond donors (Lipinski definition) is 1. The van der Waals surface area contributed by atoms with Gasteiger partial charge in [-0.05, 0) is 72.7 Å². The minimum atomic E-state index is -0.786. The van der Waals surface area contributed by atoms with Crippen LogP contribution in [0.5, 0.6) is 11.5 Å². The molecule has 0 saturated carbocycles. The molecule has 1 heterocycles. The maximum atomic E-state index is 13.5. The Morgan fingerprint density at radius 1 is 1.00 bits per heavy atom. The third-order valence-electron chi connectivity index (χ3n) is 5.94. The van der Waals surface area contributed by atoms with Gasteiger partial charge < -0.3 is 19.7 Å². The van der Waals surface area contributed by atoms with Crippen LogP contribution >= 0.6 is 12.2 Å². The summed E-state index contributed by atoms with van der Waals surface area (Å²) in [5.41, 5.74) is 2.06. The number of thiocarbonyl (C=S) groups is 1. The van der Waals surface area contributed by atoms with Crippen LogP contribution in [0.4, 0.5) is 15.8 Å². The van der Waals surface area contributed by atoms with E-state index >= 15 is 0 Å². The fraction of sp³-hybridized carbons (Fsp3) is 0.222. The molecule has 1 aliphatic rings. The van der Waals surface area contributed by atoms with E-state index < -0.39 is 6.04 Å². The molecule has 4 rings (SSSR count). The summed E-state index contributed by atoms with van der Waals surface area (Å²) in [6.45, 7) is 0.389. The third kappa shape index (κ3) is 5.63. The van der Waals surface area contributed by atoms with Crippen LogP contribution in [0.15, 0.2) is 72.8 Å². The smallest absolute Gasteiger partial charge is 0.256 e. The van der Waals surface area contributed by atoms with Crippen LogP contribution in [0.1, 0.15) is 12.0 Å². The van der Waals surface area contributed by atoms with E-state index in [1.54, 1.807) is 79.8 Å². The fourth-order valence-corrected chi connectivity index (χ4v) is 4.46. The van der Waals surface area contributed by atoms with E-state index in [0.717, 1.165) is 5.56 Å². The fourth-order valence-electron chi connectivity index (χ4n) is 4.05. The predicted octanol–water partition coefficient (Wildman–Crippen LogP) is 4.42. The molecule has 186 valence electrons. The van der Waals surface area contributed by atoms with Gasteiger partial charge in [0, 0.05) is 18.3 Å². The number of carbonyl (C=O) groups is 2. The average molecular weight is 508 g/mol. The zero-order valence-corrected chi connectivity index (χ0v) is 20.8. The molecule has 0 aliphatic carbocycles. The minimum Gasteiger partial charge on any atom is -0.497 e. The summed E-state index contributed by atoms with van der Waals surface area (Å²) in [6.07, 6.45) is 0.435. The Labute approximate surface area is 214 Å². The van der Waals surface area contributed by atoms with E-state index in [0.29, 0.717) is 41.0 Å². The highest BCUT2D eigenvalue weighted by atomic mass is 32.1. The molecule has 36 heavy (non-hydrogen) atoms. The highest BCUT2D eigenvalue weighted by Gasteiger charge is 2.43. The zero-order chi connectivity index (χ0) is 25.7. The van der Waals surface area contributed by atoms with Gasteiger partial charge in [-0.2, -0.15) is 0 Å². The van der Waals surface area contributed by atoms with Crippen molar-refractivity contribution in [2.24, 2.45) is 0 Å². The highest BCUT2D eigenvalue weighted by Crippen LogP contribution is 2.29. The first-order valence-electron chi connectivity index (χ1n) is 11.4. The van der Waals surface area contributed by atoms with Gasteiger partial charge in [-0.15, -0.1) is 0 Å². The van der Waals surface area contributed by atoms with Crippen molar-refractivity contribution in [3.63, 3.8) is 0 Å². The molecule has 0 spiro atoms. The van der Waals surface area contributed by atoms with Crippen molar-refractivity contribution in [3.8, 4) is 11.5 Å². The van der Waals surface area contributed by atoms with Crippen molar-refractivity contribution < 1.29 is 23.5 Å². The van der Waals surface area contributed by atoms with Crippen LogP contribution in [0.2, 0.25) is 0 Å². The van der Waals surface area contributed by atoms with Gasteiger partial charge >= 0.3 is 0 Å². The van der Waals surface area contributed by atoms with Crippen LogP contribution in [-0.2, 0) is 16.0 Å². The summed E-state index contributed by atoms with van der Waals surface area (Å²) < 4.78 is 23.7. The quantitative estimate of drug-likeness (QED) is 0.433. The number of methoxy groups -OCH3 is 2. The second-order valence-corrected chi connectivity index (χ2v) is 8.59. The monoisotopic (exact) mass is 507 g/mol. The van der Waals surface area contributed by atoms with Crippen LogP contribution in [0, 0.1) is 5.82 Å². The normalized spacial score (nSPS) is 15.2. The number of nitrogens with zero attached hydrogens (tertiary/aromatic N) is 2. The van der Waals surface area contributed by atoms with E-state index in [-0.39, 0.29) is 24.1 Å². The Bertz CT molecular complexity index is 1250.